The molecular formula is C18H19N5+2. The minimum absolute atomic E-state index is 0.0517. The molecule has 0 aromatic carbocycles. The van der Waals surface area contributed by atoms with E-state index in [4.69, 9.17) is 0 Å². The van der Waals surface area contributed by atoms with Crippen LogP contribution in [-0.4, -0.2) is 14.8 Å². The summed E-state index contributed by atoms with van der Waals surface area (Å²) in [5.41, 5.74) is 3.62. The van der Waals surface area contributed by atoms with Crippen molar-refractivity contribution in [3.63, 3.8) is 0 Å². The average Bonchev–Trinajstić information content (AvgIpc) is 3.22. The van der Waals surface area contributed by atoms with Crippen molar-refractivity contribution < 1.29 is 9.13 Å². The number of pyridine rings is 2. The molecule has 23 heavy (non-hydrogen) atoms. The van der Waals surface area contributed by atoms with Crippen molar-refractivity contribution in [1.82, 2.24) is 14.8 Å². The van der Waals surface area contributed by atoms with Gasteiger partial charge in [0.25, 0.3) is 17.1 Å². The van der Waals surface area contributed by atoms with Crippen LogP contribution in [0.4, 0.5) is 0 Å². The van der Waals surface area contributed by atoms with Crippen molar-refractivity contribution >= 4 is 0 Å². The first-order valence-corrected chi connectivity index (χ1v) is 8.28. The van der Waals surface area contributed by atoms with Crippen LogP contribution in [0.1, 0.15) is 32.9 Å². The Morgan fingerprint density at radius 3 is 2.65 bits per heavy atom. The Hall–Kier alpha value is -2.56. The van der Waals surface area contributed by atoms with Gasteiger partial charge in [-0.05, 0) is 25.0 Å². The number of rotatable bonds is 2. The van der Waals surface area contributed by atoms with E-state index in [0.29, 0.717) is 0 Å². The maximum absolute atomic E-state index is 4.44. The van der Waals surface area contributed by atoms with Crippen LogP contribution >= 0.6 is 0 Å². The molecule has 0 fully saturated rings. The Balaban J connectivity index is 1.96. The molecule has 1 unspecified atom stereocenters. The van der Waals surface area contributed by atoms with E-state index in [1.807, 2.05) is 6.33 Å². The third kappa shape index (κ3) is 1.34. The second-order valence-corrected chi connectivity index (χ2v) is 6.37. The van der Waals surface area contributed by atoms with Gasteiger partial charge >= 0.3 is 6.17 Å². The second-order valence-electron chi connectivity index (χ2n) is 6.37. The molecule has 0 bridgehead atoms. The van der Waals surface area contributed by atoms with Crippen LogP contribution in [0.3, 0.4) is 0 Å². The zero-order chi connectivity index (χ0) is 15.6. The zero-order valence-corrected chi connectivity index (χ0v) is 13.3. The summed E-state index contributed by atoms with van der Waals surface area (Å²) in [6.07, 6.45) is 6.39. The standard InChI is InChI=1S/C18H19N5/c1-3-18(4-2)17-21-11-6-5-8-13(21)14-9-7-10-15(23(14)17)16-20-19-12-22(16)18/h5-12,17H,3-4H2,1-2H3/q+2. The summed E-state index contributed by atoms with van der Waals surface area (Å²) in [5, 5.41) is 8.67. The highest BCUT2D eigenvalue weighted by atomic mass is 15.4. The first-order valence-electron chi connectivity index (χ1n) is 8.28. The van der Waals surface area contributed by atoms with Crippen molar-refractivity contribution in [2.45, 2.75) is 38.4 Å². The fourth-order valence-electron chi connectivity index (χ4n) is 4.50. The van der Waals surface area contributed by atoms with E-state index in [0.717, 1.165) is 24.4 Å². The van der Waals surface area contributed by atoms with Crippen LogP contribution < -0.4 is 9.13 Å². The number of nitrogens with zero attached hydrogens (tertiary/aromatic N) is 5. The number of aromatic nitrogens is 5. The van der Waals surface area contributed by atoms with Crippen LogP contribution in [0.25, 0.3) is 22.9 Å². The predicted molar refractivity (Wildman–Crippen MR) is 84.3 cm³/mol. The Bertz CT molecular complexity index is 923. The molecule has 5 heteroatoms. The van der Waals surface area contributed by atoms with E-state index in [1.165, 1.54) is 11.4 Å². The molecule has 114 valence electrons. The summed E-state index contributed by atoms with van der Waals surface area (Å²) < 4.78 is 7.16. The van der Waals surface area contributed by atoms with E-state index in [2.05, 4.69) is 80.3 Å². The summed E-state index contributed by atoms with van der Waals surface area (Å²) in [7, 11) is 0. The molecule has 5 rings (SSSR count). The minimum atomic E-state index is -0.0517. The van der Waals surface area contributed by atoms with Crippen molar-refractivity contribution in [3.05, 3.63) is 48.9 Å². The van der Waals surface area contributed by atoms with E-state index < -0.39 is 0 Å². The molecule has 0 saturated heterocycles. The molecule has 3 aromatic heterocycles. The topological polar surface area (TPSA) is 38.5 Å². The number of fused-ring (bicyclic) bond motifs is 5. The first kappa shape index (κ1) is 12.9. The molecular weight excluding hydrogens is 286 g/mol. The van der Waals surface area contributed by atoms with Crippen molar-refractivity contribution in [3.8, 4) is 22.9 Å². The smallest absolute Gasteiger partial charge is 0.288 e. The van der Waals surface area contributed by atoms with Gasteiger partial charge in [0.05, 0.1) is 0 Å². The van der Waals surface area contributed by atoms with E-state index >= 15 is 0 Å². The molecule has 0 aliphatic carbocycles. The van der Waals surface area contributed by atoms with Gasteiger partial charge in [-0.3, -0.25) is 4.57 Å². The van der Waals surface area contributed by atoms with Gasteiger partial charge in [0.1, 0.15) is 6.33 Å². The maximum atomic E-state index is 4.44. The Kier molecular flexibility index (Phi) is 2.39. The zero-order valence-electron chi connectivity index (χ0n) is 13.3. The molecule has 5 heterocycles. The molecule has 2 aliphatic heterocycles. The van der Waals surface area contributed by atoms with Crippen molar-refractivity contribution in [1.29, 1.82) is 0 Å². The fraction of sp³-hybridized carbons (Fsp3) is 0.333. The Morgan fingerprint density at radius 1 is 1.04 bits per heavy atom. The lowest BCUT2D eigenvalue weighted by Crippen LogP contribution is -2.66. The normalized spacial score (nSPS) is 19.1. The lowest BCUT2D eigenvalue weighted by atomic mass is 9.86. The van der Waals surface area contributed by atoms with E-state index in [-0.39, 0.29) is 11.7 Å². The molecule has 0 radical (unpaired) electrons. The molecule has 0 amide bonds. The molecule has 3 aromatic rings. The number of hydrogen-bond donors (Lipinski definition) is 0. The summed E-state index contributed by atoms with van der Waals surface area (Å²) in [6.45, 7) is 4.53. The lowest BCUT2D eigenvalue weighted by molar-refractivity contribution is -0.921. The van der Waals surface area contributed by atoms with Crippen molar-refractivity contribution in [2.24, 2.45) is 0 Å². The van der Waals surface area contributed by atoms with Crippen LogP contribution in [-0.2, 0) is 5.54 Å². The highest BCUT2D eigenvalue weighted by Crippen LogP contribution is 2.42. The van der Waals surface area contributed by atoms with E-state index in [1.54, 1.807) is 0 Å². The third-order valence-corrected chi connectivity index (χ3v) is 5.65. The largest absolute Gasteiger partial charge is 0.378 e. The summed E-state index contributed by atoms with van der Waals surface area (Å²) >= 11 is 0. The third-order valence-electron chi connectivity index (χ3n) is 5.65. The average molecular weight is 305 g/mol. The van der Waals surface area contributed by atoms with Crippen LogP contribution in [0.5, 0.6) is 0 Å². The molecule has 0 spiro atoms. The SMILES string of the molecule is CCC1(CC)C2[n+]3ccccc3-c3cccc([n+]32)-c2nncn21. The highest BCUT2D eigenvalue weighted by Gasteiger charge is 2.62. The molecule has 5 nitrogen and oxygen atoms in total. The Morgan fingerprint density at radius 2 is 1.83 bits per heavy atom. The minimum Gasteiger partial charge on any atom is -0.288 e. The van der Waals surface area contributed by atoms with Gasteiger partial charge < -0.3 is 0 Å². The van der Waals surface area contributed by atoms with Gasteiger partial charge in [0, 0.05) is 24.3 Å². The van der Waals surface area contributed by atoms with Crippen LogP contribution in [0.2, 0.25) is 0 Å². The molecule has 0 N–H and O–H groups in total. The fourth-order valence-corrected chi connectivity index (χ4v) is 4.50. The Labute approximate surface area is 134 Å². The van der Waals surface area contributed by atoms with Gasteiger partial charge in [0.2, 0.25) is 5.82 Å². The molecule has 1 atom stereocenters. The summed E-state index contributed by atoms with van der Waals surface area (Å²) in [6, 6.07) is 12.9. The van der Waals surface area contributed by atoms with E-state index in [9.17, 15) is 0 Å². The van der Waals surface area contributed by atoms with Gasteiger partial charge in [-0.25, -0.2) is 0 Å². The monoisotopic (exact) mass is 305 g/mol. The maximum Gasteiger partial charge on any atom is 0.378 e. The molecule has 2 aliphatic rings. The van der Waals surface area contributed by atoms with Gasteiger partial charge in [0.15, 0.2) is 11.7 Å². The summed E-state index contributed by atoms with van der Waals surface area (Å²) in [5.74, 6) is 0.972. The van der Waals surface area contributed by atoms with Crippen LogP contribution in [0.15, 0.2) is 48.9 Å². The number of hydrogen-bond acceptors (Lipinski definition) is 2. The van der Waals surface area contributed by atoms with Crippen molar-refractivity contribution in [2.75, 3.05) is 0 Å². The van der Waals surface area contributed by atoms with Gasteiger partial charge in [-0.15, -0.1) is 19.3 Å². The van der Waals surface area contributed by atoms with Gasteiger partial charge in [-0.1, -0.05) is 13.8 Å². The van der Waals surface area contributed by atoms with Crippen LogP contribution in [0, 0.1) is 0 Å². The van der Waals surface area contributed by atoms with Gasteiger partial charge in [-0.2, -0.15) is 0 Å². The predicted octanol–water partition coefficient (Wildman–Crippen LogP) is 2.08. The quantitative estimate of drug-likeness (QED) is 0.680. The molecule has 0 saturated carbocycles. The highest BCUT2D eigenvalue weighted by molar-refractivity contribution is 5.54. The first-order chi connectivity index (χ1) is 11.3. The lowest BCUT2D eigenvalue weighted by Gasteiger charge is -2.35. The second kappa shape index (κ2) is 4.25. The summed E-state index contributed by atoms with van der Waals surface area (Å²) in [4.78, 5) is 0.